The molecule has 0 radical (unpaired) electrons. The molecule has 0 fully saturated rings. The molecular weight excluding hydrogens is 250 g/mol. The van der Waals surface area contributed by atoms with Crippen molar-refractivity contribution in [1.29, 1.82) is 0 Å². The minimum Gasteiger partial charge on any atom is -0.368 e. The molecule has 0 unspecified atom stereocenters. The number of nitrogens with one attached hydrogen (secondary N) is 1. The molecule has 1 heterocycles. The van der Waals surface area contributed by atoms with Gasteiger partial charge in [-0.3, -0.25) is 14.6 Å². The number of aromatic nitrogens is 1. The number of primary amides is 1. The van der Waals surface area contributed by atoms with Gasteiger partial charge < -0.3 is 11.1 Å². The van der Waals surface area contributed by atoms with Gasteiger partial charge in [0.2, 0.25) is 5.91 Å². The van der Waals surface area contributed by atoms with Crippen LogP contribution in [0.1, 0.15) is 10.4 Å². The van der Waals surface area contributed by atoms with Gasteiger partial charge in [0.05, 0.1) is 12.1 Å². The van der Waals surface area contributed by atoms with E-state index in [0.29, 0.717) is 10.0 Å². The number of rotatable bonds is 3. The lowest BCUT2D eigenvalue weighted by atomic mass is 10.3. The van der Waals surface area contributed by atoms with Crippen molar-refractivity contribution in [1.82, 2.24) is 10.3 Å². The number of amides is 2. The summed E-state index contributed by atoms with van der Waals surface area (Å²) in [4.78, 5) is 25.5. The van der Waals surface area contributed by atoms with E-state index in [0.717, 1.165) is 0 Å². The number of pyridine rings is 1. The summed E-state index contributed by atoms with van der Waals surface area (Å²) in [5.74, 6) is -0.959. The van der Waals surface area contributed by atoms with Gasteiger partial charge in [-0.2, -0.15) is 0 Å². The predicted octanol–water partition coefficient (Wildman–Crippen LogP) is 0.0592. The molecule has 0 aliphatic carbocycles. The second kappa shape index (κ2) is 4.71. The van der Waals surface area contributed by atoms with E-state index < -0.39 is 5.91 Å². The average molecular weight is 258 g/mol. The molecule has 2 amide bonds. The Bertz CT molecular complexity index is 367. The first kappa shape index (κ1) is 10.6. The van der Waals surface area contributed by atoms with Gasteiger partial charge >= 0.3 is 0 Å². The first-order valence-electron chi connectivity index (χ1n) is 3.76. The Labute approximate surface area is 88.8 Å². The molecule has 0 atom stereocenters. The van der Waals surface area contributed by atoms with Crippen molar-refractivity contribution in [3.8, 4) is 0 Å². The van der Waals surface area contributed by atoms with E-state index in [1.165, 1.54) is 6.20 Å². The molecule has 1 aromatic rings. The highest BCUT2D eigenvalue weighted by atomic mass is 79.9. The molecule has 0 saturated carbocycles. The number of carbonyl (C=O) groups excluding carboxylic acids is 2. The van der Waals surface area contributed by atoms with E-state index in [4.69, 9.17) is 5.73 Å². The fourth-order valence-corrected chi connectivity index (χ4v) is 1.17. The van der Waals surface area contributed by atoms with E-state index in [2.05, 4.69) is 26.2 Å². The molecule has 74 valence electrons. The van der Waals surface area contributed by atoms with Crippen LogP contribution in [0.3, 0.4) is 0 Å². The van der Waals surface area contributed by atoms with Crippen LogP contribution >= 0.6 is 15.9 Å². The molecule has 0 aromatic carbocycles. The van der Waals surface area contributed by atoms with E-state index in [9.17, 15) is 9.59 Å². The highest BCUT2D eigenvalue weighted by Gasteiger charge is 2.06. The second-order valence-electron chi connectivity index (χ2n) is 2.54. The maximum atomic E-state index is 11.3. The minimum atomic E-state index is -0.582. The fourth-order valence-electron chi connectivity index (χ4n) is 0.805. The Balaban J connectivity index is 2.65. The van der Waals surface area contributed by atoms with E-state index >= 15 is 0 Å². The smallest absolute Gasteiger partial charge is 0.253 e. The topological polar surface area (TPSA) is 85.1 Å². The van der Waals surface area contributed by atoms with E-state index in [-0.39, 0.29) is 12.5 Å². The number of carbonyl (C=O) groups is 2. The number of nitrogens with two attached hydrogens (primary N) is 1. The van der Waals surface area contributed by atoms with Gasteiger partial charge in [-0.05, 0) is 22.0 Å². The Morgan fingerprint density at radius 3 is 2.79 bits per heavy atom. The van der Waals surface area contributed by atoms with Crippen molar-refractivity contribution in [2.24, 2.45) is 5.73 Å². The first-order valence-corrected chi connectivity index (χ1v) is 4.56. The number of hydrogen-bond acceptors (Lipinski definition) is 3. The SMILES string of the molecule is NC(=O)CNC(=O)c1cncc(Br)c1. The van der Waals surface area contributed by atoms with Crippen molar-refractivity contribution >= 4 is 27.7 Å². The Kier molecular flexibility index (Phi) is 3.58. The lowest BCUT2D eigenvalue weighted by Gasteiger charge is -2.01. The molecule has 5 nitrogen and oxygen atoms in total. The summed E-state index contributed by atoms with van der Waals surface area (Å²) in [6, 6.07) is 1.60. The van der Waals surface area contributed by atoms with Gasteiger partial charge in [0, 0.05) is 16.9 Å². The zero-order valence-electron chi connectivity index (χ0n) is 7.16. The van der Waals surface area contributed by atoms with Crippen molar-refractivity contribution in [3.63, 3.8) is 0 Å². The Hall–Kier alpha value is -1.43. The lowest BCUT2D eigenvalue weighted by Crippen LogP contribution is -2.33. The second-order valence-corrected chi connectivity index (χ2v) is 3.46. The van der Waals surface area contributed by atoms with Crippen LogP contribution in [0.15, 0.2) is 22.9 Å². The van der Waals surface area contributed by atoms with Crippen molar-refractivity contribution in [2.75, 3.05) is 6.54 Å². The zero-order chi connectivity index (χ0) is 10.6. The molecule has 0 bridgehead atoms. The van der Waals surface area contributed by atoms with Crippen LogP contribution in [0.5, 0.6) is 0 Å². The monoisotopic (exact) mass is 257 g/mol. The van der Waals surface area contributed by atoms with E-state index in [1.807, 2.05) is 0 Å². The summed E-state index contributed by atoms with van der Waals surface area (Å²) >= 11 is 3.18. The summed E-state index contributed by atoms with van der Waals surface area (Å²) in [5, 5.41) is 2.35. The summed E-state index contributed by atoms with van der Waals surface area (Å²) in [7, 11) is 0. The molecule has 3 N–H and O–H groups in total. The standard InChI is InChI=1S/C8H8BrN3O2/c9-6-1-5(2-11-3-6)8(14)12-4-7(10)13/h1-3H,4H2,(H2,10,13)(H,12,14). The average Bonchev–Trinajstić information content (AvgIpc) is 2.14. The van der Waals surface area contributed by atoms with Crippen LogP contribution in [0.2, 0.25) is 0 Å². The molecular formula is C8H8BrN3O2. The highest BCUT2D eigenvalue weighted by molar-refractivity contribution is 9.10. The molecule has 14 heavy (non-hydrogen) atoms. The molecule has 0 spiro atoms. The third kappa shape index (κ3) is 3.14. The highest BCUT2D eigenvalue weighted by Crippen LogP contribution is 2.08. The van der Waals surface area contributed by atoms with Crippen LogP contribution in [0.4, 0.5) is 0 Å². The fraction of sp³-hybridized carbons (Fsp3) is 0.125. The largest absolute Gasteiger partial charge is 0.368 e. The van der Waals surface area contributed by atoms with Gasteiger partial charge in [0.1, 0.15) is 0 Å². The van der Waals surface area contributed by atoms with Crippen molar-refractivity contribution in [2.45, 2.75) is 0 Å². The normalized spacial score (nSPS) is 9.50. The van der Waals surface area contributed by atoms with E-state index in [1.54, 1.807) is 12.3 Å². The Morgan fingerprint density at radius 2 is 2.21 bits per heavy atom. The summed E-state index contributed by atoms with van der Waals surface area (Å²) in [6.45, 7) is -0.175. The summed E-state index contributed by atoms with van der Waals surface area (Å²) in [5.41, 5.74) is 5.25. The van der Waals surface area contributed by atoms with Crippen LogP contribution < -0.4 is 11.1 Å². The van der Waals surface area contributed by atoms with Crippen LogP contribution in [0.25, 0.3) is 0 Å². The van der Waals surface area contributed by atoms with Crippen LogP contribution in [-0.2, 0) is 4.79 Å². The summed E-state index contributed by atoms with van der Waals surface area (Å²) in [6.07, 6.45) is 2.96. The van der Waals surface area contributed by atoms with Gasteiger partial charge in [-0.15, -0.1) is 0 Å². The molecule has 1 aromatic heterocycles. The molecule has 1 rings (SSSR count). The first-order chi connectivity index (χ1) is 6.59. The van der Waals surface area contributed by atoms with Crippen LogP contribution in [-0.4, -0.2) is 23.3 Å². The lowest BCUT2D eigenvalue weighted by molar-refractivity contribution is -0.117. The number of nitrogens with zero attached hydrogens (tertiary/aromatic N) is 1. The zero-order valence-corrected chi connectivity index (χ0v) is 8.74. The van der Waals surface area contributed by atoms with Crippen LogP contribution in [0, 0.1) is 0 Å². The van der Waals surface area contributed by atoms with Crippen molar-refractivity contribution < 1.29 is 9.59 Å². The van der Waals surface area contributed by atoms with Gasteiger partial charge in [-0.1, -0.05) is 0 Å². The predicted molar refractivity (Wildman–Crippen MR) is 53.5 cm³/mol. The van der Waals surface area contributed by atoms with Crippen molar-refractivity contribution in [3.05, 3.63) is 28.5 Å². The van der Waals surface area contributed by atoms with Gasteiger partial charge in [-0.25, -0.2) is 0 Å². The third-order valence-corrected chi connectivity index (χ3v) is 1.82. The summed E-state index contributed by atoms with van der Waals surface area (Å²) < 4.78 is 0.698. The van der Waals surface area contributed by atoms with Gasteiger partial charge in [0.25, 0.3) is 5.91 Å². The maximum Gasteiger partial charge on any atom is 0.253 e. The molecule has 0 aliphatic heterocycles. The maximum absolute atomic E-state index is 11.3. The Morgan fingerprint density at radius 1 is 1.50 bits per heavy atom. The molecule has 0 aliphatic rings. The minimum absolute atomic E-state index is 0.175. The number of hydrogen-bond donors (Lipinski definition) is 2. The third-order valence-electron chi connectivity index (χ3n) is 1.39. The molecule has 6 heteroatoms. The molecule has 0 saturated heterocycles. The quantitative estimate of drug-likeness (QED) is 0.803. The number of halogens is 1. The van der Waals surface area contributed by atoms with Gasteiger partial charge in [0.15, 0.2) is 0 Å².